The number of benzene rings is 3. The summed E-state index contributed by atoms with van der Waals surface area (Å²) in [5, 5.41) is 19.9. The van der Waals surface area contributed by atoms with Crippen LogP contribution < -0.4 is 9.64 Å². The zero-order valence-corrected chi connectivity index (χ0v) is 19.3. The molecule has 0 aliphatic carbocycles. The van der Waals surface area contributed by atoms with Gasteiger partial charge in [0.15, 0.2) is 0 Å². The van der Waals surface area contributed by atoms with Crippen molar-refractivity contribution in [1.29, 1.82) is 0 Å². The van der Waals surface area contributed by atoms with E-state index in [4.69, 9.17) is 4.74 Å². The van der Waals surface area contributed by atoms with E-state index in [9.17, 15) is 28.6 Å². The summed E-state index contributed by atoms with van der Waals surface area (Å²) in [6, 6.07) is 16.4. The van der Waals surface area contributed by atoms with Crippen molar-refractivity contribution in [1.82, 2.24) is 0 Å². The van der Waals surface area contributed by atoms with Gasteiger partial charge in [0.2, 0.25) is 5.91 Å². The van der Waals surface area contributed by atoms with Crippen LogP contribution in [-0.4, -0.2) is 28.7 Å². The first-order valence-electron chi connectivity index (χ1n) is 11.8. The second-order valence-electron chi connectivity index (χ2n) is 9.25. The number of ether oxygens (including phenoxy) is 1. The van der Waals surface area contributed by atoms with E-state index in [0.717, 1.165) is 11.1 Å². The fraction of sp³-hybridized carbons (Fsp3) is 0.286. The van der Waals surface area contributed by atoms with Crippen LogP contribution in [-0.2, 0) is 9.59 Å². The molecule has 0 spiro atoms. The third kappa shape index (κ3) is 4.44. The summed E-state index contributed by atoms with van der Waals surface area (Å²) in [6.07, 6.45) is -0.277. The standard InChI is InChI=1S/C28H25F2NO5/c29-18-6-4-16(5-7-18)24(32)13-12-23-26(31(28(23)35)20-10-8-19(30)9-11-20)22-3-1-2-21-17(14-25(33)34)15-36-27(21)22/h1-11,17,23-24,26,32H,12-15H2,(H,33,34)/t17?,23-,24+,26-/m1/s1. The van der Waals surface area contributed by atoms with Gasteiger partial charge in [-0.25, -0.2) is 8.78 Å². The average molecular weight is 494 g/mol. The van der Waals surface area contributed by atoms with Crippen LogP contribution >= 0.6 is 0 Å². The fourth-order valence-electron chi connectivity index (χ4n) is 5.21. The van der Waals surface area contributed by atoms with E-state index in [0.29, 0.717) is 23.4 Å². The van der Waals surface area contributed by atoms with Crippen molar-refractivity contribution in [2.45, 2.75) is 37.3 Å². The van der Waals surface area contributed by atoms with Crippen LogP contribution in [0, 0.1) is 17.6 Å². The number of hydrogen-bond donors (Lipinski definition) is 2. The molecule has 5 rings (SSSR count). The molecule has 0 aromatic heterocycles. The van der Waals surface area contributed by atoms with Gasteiger partial charge >= 0.3 is 5.97 Å². The number of nitrogens with zero attached hydrogens (tertiary/aromatic N) is 1. The predicted octanol–water partition coefficient (Wildman–Crippen LogP) is 5.13. The number of aliphatic carboxylic acids is 1. The molecule has 8 heteroatoms. The van der Waals surface area contributed by atoms with Gasteiger partial charge in [-0.1, -0.05) is 30.3 Å². The van der Waals surface area contributed by atoms with Crippen molar-refractivity contribution in [3.05, 3.63) is 95.1 Å². The lowest BCUT2D eigenvalue weighted by molar-refractivity contribution is -0.137. The highest BCUT2D eigenvalue weighted by Gasteiger charge is 2.50. The van der Waals surface area contributed by atoms with E-state index in [1.165, 1.54) is 36.4 Å². The average Bonchev–Trinajstić information content (AvgIpc) is 3.26. The Morgan fingerprint density at radius 2 is 1.64 bits per heavy atom. The summed E-state index contributed by atoms with van der Waals surface area (Å²) in [4.78, 5) is 26.2. The van der Waals surface area contributed by atoms with E-state index in [1.807, 2.05) is 18.2 Å². The maximum Gasteiger partial charge on any atom is 0.304 e. The molecule has 1 saturated heterocycles. The zero-order valence-electron chi connectivity index (χ0n) is 19.3. The number of β-lactam (4-membered cyclic amide) rings is 1. The van der Waals surface area contributed by atoms with Gasteiger partial charge in [-0.05, 0) is 54.8 Å². The molecule has 0 bridgehead atoms. The molecule has 1 fully saturated rings. The monoisotopic (exact) mass is 493 g/mol. The molecule has 36 heavy (non-hydrogen) atoms. The number of amides is 1. The van der Waals surface area contributed by atoms with Crippen LogP contribution in [0.4, 0.5) is 14.5 Å². The number of hydrogen-bond acceptors (Lipinski definition) is 4. The molecule has 4 atom stereocenters. The number of aliphatic hydroxyl groups is 1. The van der Waals surface area contributed by atoms with Gasteiger partial charge in [0.1, 0.15) is 17.4 Å². The molecular weight excluding hydrogens is 468 g/mol. The molecule has 2 heterocycles. The number of halogens is 2. The van der Waals surface area contributed by atoms with Crippen LogP contribution in [0.2, 0.25) is 0 Å². The van der Waals surface area contributed by atoms with Crippen LogP contribution in [0.25, 0.3) is 0 Å². The van der Waals surface area contributed by atoms with Gasteiger partial charge in [0, 0.05) is 22.7 Å². The van der Waals surface area contributed by atoms with Gasteiger partial charge < -0.3 is 19.8 Å². The number of aliphatic hydroxyl groups excluding tert-OH is 1. The highest BCUT2D eigenvalue weighted by Crippen LogP contribution is 2.51. The number of carboxylic acid groups (broad SMARTS) is 1. The first-order chi connectivity index (χ1) is 17.3. The number of para-hydroxylation sites is 1. The van der Waals surface area contributed by atoms with Crippen molar-refractivity contribution in [2.24, 2.45) is 5.92 Å². The summed E-state index contributed by atoms with van der Waals surface area (Å²) in [7, 11) is 0. The lowest BCUT2D eigenvalue weighted by atomic mass is 9.77. The largest absolute Gasteiger partial charge is 0.492 e. The molecule has 6 nitrogen and oxygen atoms in total. The first-order valence-corrected chi connectivity index (χ1v) is 11.8. The van der Waals surface area contributed by atoms with Crippen molar-refractivity contribution < 1.29 is 33.3 Å². The van der Waals surface area contributed by atoms with E-state index in [2.05, 4.69) is 0 Å². The Kier molecular flexibility index (Phi) is 6.45. The Labute approximate surface area is 206 Å². The minimum Gasteiger partial charge on any atom is -0.492 e. The molecule has 1 unspecified atom stereocenters. The Balaban J connectivity index is 1.44. The number of carbonyl (C=O) groups excluding carboxylic acids is 1. The van der Waals surface area contributed by atoms with Crippen LogP contribution in [0.15, 0.2) is 66.7 Å². The summed E-state index contributed by atoms with van der Waals surface area (Å²) < 4.78 is 32.8. The topological polar surface area (TPSA) is 87.1 Å². The zero-order chi connectivity index (χ0) is 25.4. The fourth-order valence-corrected chi connectivity index (χ4v) is 5.21. The summed E-state index contributed by atoms with van der Waals surface area (Å²) in [5.41, 5.74) is 2.65. The molecule has 2 N–H and O–H groups in total. The predicted molar refractivity (Wildman–Crippen MR) is 128 cm³/mol. The molecule has 3 aromatic carbocycles. The Morgan fingerprint density at radius 1 is 1.00 bits per heavy atom. The van der Waals surface area contributed by atoms with E-state index < -0.39 is 35.7 Å². The lowest BCUT2D eigenvalue weighted by Crippen LogP contribution is -2.55. The molecule has 3 aromatic rings. The third-order valence-corrected chi connectivity index (χ3v) is 7.01. The minimum absolute atomic E-state index is 0.0605. The van der Waals surface area contributed by atoms with Crippen LogP contribution in [0.5, 0.6) is 5.75 Å². The number of carboxylic acids is 1. The third-order valence-electron chi connectivity index (χ3n) is 7.01. The van der Waals surface area contributed by atoms with Crippen LogP contribution in [0.1, 0.15) is 54.0 Å². The van der Waals surface area contributed by atoms with Gasteiger partial charge in [-0.3, -0.25) is 9.59 Å². The first kappa shape index (κ1) is 23.9. The molecule has 0 saturated carbocycles. The molecule has 2 aliphatic rings. The highest BCUT2D eigenvalue weighted by atomic mass is 19.1. The Morgan fingerprint density at radius 3 is 2.31 bits per heavy atom. The number of rotatable bonds is 8. The Bertz CT molecular complexity index is 1280. The Hall–Kier alpha value is -3.78. The number of anilines is 1. The summed E-state index contributed by atoms with van der Waals surface area (Å²) in [5.74, 6) is -2.06. The summed E-state index contributed by atoms with van der Waals surface area (Å²) >= 11 is 0. The maximum absolute atomic E-state index is 13.6. The molecule has 1 amide bonds. The van der Waals surface area contributed by atoms with Gasteiger partial charge in [-0.2, -0.15) is 0 Å². The number of carbonyl (C=O) groups is 2. The minimum atomic E-state index is -0.915. The second kappa shape index (κ2) is 9.70. The van der Waals surface area contributed by atoms with E-state index in [-0.39, 0.29) is 31.3 Å². The highest BCUT2D eigenvalue weighted by molar-refractivity contribution is 6.03. The molecule has 2 aliphatic heterocycles. The molecular formula is C28H25F2NO5. The SMILES string of the molecule is O=C(O)CC1COc2c1cccc2[C@@H]1[C@@H](CC[C@H](O)c2ccc(F)cc2)C(=O)N1c1ccc(F)cc1. The molecule has 186 valence electrons. The van der Waals surface area contributed by atoms with Crippen molar-refractivity contribution in [2.75, 3.05) is 11.5 Å². The van der Waals surface area contributed by atoms with E-state index in [1.54, 1.807) is 17.0 Å². The number of fused-ring (bicyclic) bond motifs is 1. The normalized spacial score (nSPS) is 21.5. The second-order valence-corrected chi connectivity index (χ2v) is 9.25. The van der Waals surface area contributed by atoms with Gasteiger partial charge in [0.25, 0.3) is 0 Å². The summed E-state index contributed by atoms with van der Waals surface area (Å²) in [6.45, 7) is 0.240. The van der Waals surface area contributed by atoms with Gasteiger partial charge in [0.05, 0.1) is 31.1 Å². The quantitative estimate of drug-likeness (QED) is 0.425. The molecule has 0 radical (unpaired) electrons. The van der Waals surface area contributed by atoms with Crippen molar-refractivity contribution in [3.8, 4) is 5.75 Å². The van der Waals surface area contributed by atoms with Gasteiger partial charge in [-0.15, -0.1) is 0 Å². The van der Waals surface area contributed by atoms with Crippen molar-refractivity contribution >= 4 is 17.6 Å². The van der Waals surface area contributed by atoms with Crippen LogP contribution in [0.3, 0.4) is 0 Å². The smallest absolute Gasteiger partial charge is 0.304 e. The van der Waals surface area contributed by atoms with E-state index >= 15 is 0 Å². The maximum atomic E-state index is 13.6. The lowest BCUT2D eigenvalue weighted by Gasteiger charge is -2.48. The van der Waals surface area contributed by atoms with Crippen molar-refractivity contribution in [3.63, 3.8) is 0 Å².